The molecule has 12 heavy (non-hydrogen) atoms. The maximum Gasteiger partial charge on any atom is 0.0863 e. The summed E-state index contributed by atoms with van der Waals surface area (Å²) in [5.74, 6) is 0. The molecule has 0 bridgehead atoms. The quantitative estimate of drug-likeness (QED) is 0.714. The number of pyridine rings is 1. The van der Waals surface area contributed by atoms with Gasteiger partial charge in [-0.15, -0.1) is 0 Å². The summed E-state index contributed by atoms with van der Waals surface area (Å²) in [4.78, 5) is 4.06. The molecule has 0 aromatic carbocycles. The smallest absolute Gasteiger partial charge is 0.0863 e. The first-order chi connectivity index (χ1) is 5.61. The third-order valence-corrected chi connectivity index (χ3v) is 1.88. The molecule has 0 amide bonds. The van der Waals surface area contributed by atoms with Gasteiger partial charge in [0.2, 0.25) is 0 Å². The van der Waals surface area contributed by atoms with E-state index in [4.69, 9.17) is 11.6 Å². The average molecular weight is 186 g/mol. The molecule has 0 aliphatic heterocycles. The van der Waals surface area contributed by atoms with Crippen LogP contribution < -0.4 is 5.43 Å². The fraction of sp³-hybridized carbons (Fsp3) is 0.375. The molecule has 0 fully saturated rings. The average Bonchev–Trinajstić information content (AvgIpc) is 1.98. The van der Waals surface area contributed by atoms with Gasteiger partial charge in [0.05, 0.1) is 16.4 Å². The molecule has 0 atom stereocenters. The zero-order chi connectivity index (χ0) is 9.14. The van der Waals surface area contributed by atoms with Gasteiger partial charge in [-0.3, -0.25) is 4.98 Å². The highest BCUT2D eigenvalue weighted by atomic mass is 35.5. The van der Waals surface area contributed by atoms with Crippen LogP contribution in [0.3, 0.4) is 0 Å². The normalized spacial score (nSPS) is 10.4. The summed E-state index contributed by atoms with van der Waals surface area (Å²) in [7, 11) is 3.82. The number of rotatable bonds is 2. The Kier molecular flexibility index (Phi) is 2.89. The van der Waals surface area contributed by atoms with Crippen LogP contribution >= 0.6 is 11.6 Å². The predicted octanol–water partition coefficient (Wildman–Crippen LogP) is 1.93. The van der Waals surface area contributed by atoms with E-state index in [0.29, 0.717) is 5.02 Å². The Labute approximate surface area is 77.3 Å². The van der Waals surface area contributed by atoms with Gasteiger partial charge < -0.3 is 5.43 Å². The number of anilines is 1. The fourth-order valence-corrected chi connectivity index (χ4v) is 1.03. The van der Waals surface area contributed by atoms with Gasteiger partial charge in [-0.25, -0.2) is 5.01 Å². The minimum atomic E-state index is 0.672. The lowest BCUT2D eigenvalue weighted by atomic mass is 10.3. The number of hydrogen-bond acceptors (Lipinski definition) is 3. The Morgan fingerprint density at radius 2 is 2.17 bits per heavy atom. The van der Waals surface area contributed by atoms with Crippen LogP contribution in [-0.2, 0) is 0 Å². The van der Waals surface area contributed by atoms with E-state index in [1.165, 1.54) is 0 Å². The molecule has 66 valence electrons. The van der Waals surface area contributed by atoms with Gasteiger partial charge in [-0.05, 0) is 13.0 Å². The number of hydrogen-bond donors (Lipinski definition) is 1. The maximum absolute atomic E-state index is 5.99. The van der Waals surface area contributed by atoms with E-state index >= 15 is 0 Å². The monoisotopic (exact) mass is 185 g/mol. The fourth-order valence-electron chi connectivity index (χ4n) is 0.876. The van der Waals surface area contributed by atoms with E-state index in [9.17, 15) is 0 Å². The molecule has 3 nitrogen and oxygen atoms in total. The molecule has 1 N–H and O–H groups in total. The van der Waals surface area contributed by atoms with Crippen molar-refractivity contribution in [2.45, 2.75) is 6.92 Å². The minimum Gasteiger partial charge on any atom is -0.318 e. The molecule has 0 saturated carbocycles. The Morgan fingerprint density at radius 1 is 1.50 bits per heavy atom. The van der Waals surface area contributed by atoms with Gasteiger partial charge in [0.1, 0.15) is 0 Å². The number of aryl methyl sites for hydroxylation is 1. The van der Waals surface area contributed by atoms with Crippen LogP contribution in [0.15, 0.2) is 12.3 Å². The zero-order valence-electron chi connectivity index (χ0n) is 7.43. The van der Waals surface area contributed by atoms with Crippen LogP contribution in [-0.4, -0.2) is 24.1 Å². The molecule has 0 saturated heterocycles. The summed E-state index contributed by atoms with van der Waals surface area (Å²) in [6.45, 7) is 1.88. The van der Waals surface area contributed by atoms with Crippen molar-refractivity contribution in [1.29, 1.82) is 0 Å². The lowest BCUT2D eigenvalue weighted by molar-refractivity contribution is 0.495. The SMILES string of the molecule is Cc1nccc(NN(C)C)c1Cl. The summed E-state index contributed by atoms with van der Waals surface area (Å²) in [5, 5.41) is 2.51. The lowest BCUT2D eigenvalue weighted by Gasteiger charge is -2.14. The van der Waals surface area contributed by atoms with Crippen molar-refractivity contribution < 1.29 is 0 Å². The standard InChI is InChI=1S/C8H12ClN3/c1-6-8(9)7(4-5-10-6)11-12(2)3/h4-5H,1-3H3,(H,10,11). The molecule has 1 aromatic heterocycles. The Bertz CT molecular complexity index is 273. The molecule has 4 heteroatoms. The van der Waals surface area contributed by atoms with Gasteiger partial charge in [0, 0.05) is 20.3 Å². The van der Waals surface area contributed by atoms with Crippen LogP contribution in [0.5, 0.6) is 0 Å². The summed E-state index contributed by atoms with van der Waals surface area (Å²) in [5.41, 5.74) is 4.80. The number of halogens is 1. The van der Waals surface area contributed by atoms with Crippen molar-refractivity contribution in [1.82, 2.24) is 9.99 Å². The first kappa shape index (κ1) is 9.29. The summed E-state index contributed by atoms with van der Waals surface area (Å²) in [6.07, 6.45) is 1.73. The number of aromatic nitrogens is 1. The van der Waals surface area contributed by atoms with Crippen molar-refractivity contribution >= 4 is 17.3 Å². The van der Waals surface area contributed by atoms with Crippen LogP contribution in [0.4, 0.5) is 5.69 Å². The van der Waals surface area contributed by atoms with E-state index in [1.807, 2.05) is 32.1 Å². The highest BCUT2D eigenvalue weighted by Crippen LogP contribution is 2.23. The summed E-state index contributed by atoms with van der Waals surface area (Å²) < 4.78 is 0. The Morgan fingerprint density at radius 3 is 2.75 bits per heavy atom. The molecule has 0 unspecified atom stereocenters. The van der Waals surface area contributed by atoms with E-state index in [0.717, 1.165) is 11.4 Å². The van der Waals surface area contributed by atoms with Gasteiger partial charge >= 0.3 is 0 Å². The number of nitrogens with one attached hydrogen (secondary N) is 1. The molecule has 0 aliphatic carbocycles. The van der Waals surface area contributed by atoms with Gasteiger partial charge in [-0.1, -0.05) is 11.6 Å². The van der Waals surface area contributed by atoms with Crippen LogP contribution in [0, 0.1) is 6.92 Å². The molecular weight excluding hydrogens is 174 g/mol. The maximum atomic E-state index is 5.99. The third-order valence-electron chi connectivity index (χ3n) is 1.41. The zero-order valence-corrected chi connectivity index (χ0v) is 8.18. The number of hydrazine groups is 1. The molecule has 1 heterocycles. The van der Waals surface area contributed by atoms with Gasteiger partial charge in [0.15, 0.2) is 0 Å². The van der Waals surface area contributed by atoms with Crippen LogP contribution in [0.25, 0.3) is 0 Å². The van der Waals surface area contributed by atoms with Crippen molar-refractivity contribution in [2.75, 3.05) is 19.5 Å². The van der Waals surface area contributed by atoms with Crippen molar-refractivity contribution in [2.24, 2.45) is 0 Å². The van der Waals surface area contributed by atoms with Crippen molar-refractivity contribution in [3.63, 3.8) is 0 Å². The van der Waals surface area contributed by atoms with Crippen LogP contribution in [0.1, 0.15) is 5.69 Å². The first-order valence-corrected chi connectivity index (χ1v) is 4.04. The molecule has 1 aromatic rings. The minimum absolute atomic E-state index is 0.672. The summed E-state index contributed by atoms with van der Waals surface area (Å²) in [6, 6.07) is 1.84. The third kappa shape index (κ3) is 2.09. The Hall–Kier alpha value is -0.800. The van der Waals surface area contributed by atoms with Gasteiger partial charge in [-0.2, -0.15) is 0 Å². The van der Waals surface area contributed by atoms with E-state index in [1.54, 1.807) is 6.20 Å². The second kappa shape index (κ2) is 3.74. The number of nitrogens with zero attached hydrogens (tertiary/aromatic N) is 2. The Balaban J connectivity index is 2.92. The van der Waals surface area contributed by atoms with Crippen molar-refractivity contribution in [3.8, 4) is 0 Å². The van der Waals surface area contributed by atoms with Crippen molar-refractivity contribution in [3.05, 3.63) is 23.0 Å². The largest absolute Gasteiger partial charge is 0.318 e. The molecule has 0 radical (unpaired) electrons. The molecule has 0 spiro atoms. The second-order valence-electron chi connectivity index (χ2n) is 2.76. The van der Waals surface area contributed by atoms with E-state index in [2.05, 4.69) is 10.4 Å². The topological polar surface area (TPSA) is 28.2 Å². The highest BCUT2D eigenvalue weighted by molar-refractivity contribution is 6.33. The highest BCUT2D eigenvalue weighted by Gasteiger charge is 2.02. The lowest BCUT2D eigenvalue weighted by Crippen LogP contribution is -2.19. The second-order valence-corrected chi connectivity index (χ2v) is 3.14. The first-order valence-electron chi connectivity index (χ1n) is 3.66. The molecule has 0 aliphatic rings. The van der Waals surface area contributed by atoms with Crippen LogP contribution in [0.2, 0.25) is 5.02 Å². The van der Waals surface area contributed by atoms with E-state index in [-0.39, 0.29) is 0 Å². The molecular formula is C8H12ClN3. The van der Waals surface area contributed by atoms with E-state index < -0.39 is 0 Å². The molecule has 1 rings (SSSR count). The van der Waals surface area contributed by atoms with Gasteiger partial charge in [0.25, 0.3) is 0 Å². The summed E-state index contributed by atoms with van der Waals surface area (Å²) >= 11 is 5.99. The predicted molar refractivity (Wildman–Crippen MR) is 51.3 cm³/mol.